The Labute approximate surface area is 223 Å². The van der Waals surface area contributed by atoms with E-state index in [1.54, 1.807) is 42.0 Å². The van der Waals surface area contributed by atoms with Crippen molar-refractivity contribution in [3.63, 3.8) is 0 Å². The number of thioether (sulfide) groups is 1. The molecule has 0 aromatic heterocycles. The molecule has 2 aromatic rings. The van der Waals surface area contributed by atoms with Gasteiger partial charge in [-0.1, -0.05) is 42.5 Å². The molecule has 198 valence electrons. The van der Waals surface area contributed by atoms with E-state index in [4.69, 9.17) is 9.47 Å². The van der Waals surface area contributed by atoms with Crippen molar-refractivity contribution in [2.45, 2.75) is 31.7 Å². The normalized spacial score (nSPS) is 14.8. The Kier molecular flexibility index (Phi) is 11.6. The van der Waals surface area contributed by atoms with Gasteiger partial charge in [-0.2, -0.15) is 11.8 Å². The maximum Gasteiger partial charge on any atom is 0.329 e. The molecule has 3 rings (SSSR count). The summed E-state index contributed by atoms with van der Waals surface area (Å²) in [6.45, 7) is 1.02. The Hall–Kier alpha value is -3.26. The van der Waals surface area contributed by atoms with Crippen molar-refractivity contribution >= 4 is 35.6 Å². The molecule has 0 aliphatic carbocycles. The second kappa shape index (κ2) is 15.1. The average Bonchev–Trinajstić information content (AvgIpc) is 2.93. The van der Waals surface area contributed by atoms with Gasteiger partial charge in [-0.3, -0.25) is 9.59 Å². The molecule has 0 saturated carbocycles. The van der Waals surface area contributed by atoms with Crippen molar-refractivity contribution in [2.75, 3.05) is 38.8 Å². The summed E-state index contributed by atoms with van der Waals surface area (Å²) in [6.07, 6.45) is 8.27. The Morgan fingerprint density at radius 3 is 2.43 bits per heavy atom. The number of carbonyl (C=O) groups is 3. The number of ether oxygens (including phenoxy) is 2. The molecule has 1 N–H and O–H groups in total. The topological polar surface area (TPSA) is 84.9 Å². The first kappa shape index (κ1) is 28.3. The molecule has 37 heavy (non-hydrogen) atoms. The van der Waals surface area contributed by atoms with Crippen LogP contribution in [0.3, 0.4) is 0 Å². The van der Waals surface area contributed by atoms with Crippen molar-refractivity contribution in [3.8, 4) is 5.75 Å². The molecule has 0 bridgehead atoms. The predicted molar refractivity (Wildman–Crippen MR) is 147 cm³/mol. The molecule has 2 aromatic carbocycles. The van der Waals surface area contributed by atoms with E-state index in [9.17, 15) is 14.4 Å². The maximum atomic E-state index is 12.7. The fourth-order valence-corrected chi connectivity index (χ4v) is 4.72. The van der Waals surface area contributed by atoms with Crippen LogP contribution in [0, 0.1) is 5.92 Å². The van der Waals surface area contributed by atoms with Gasteiger partial charge in [-0.25, -0.2) is 4.79 Å². The molecule has 1 atom stereocenters. The van der Waals surface area contributed by atoms with Gasteiger partial charge in [0.1, 0.15) is 11.8 Å². The minimum atomic E-state index is -0.815. The van der Waals surface area contributed by atoms with E-state index in [0.717, 1.165) is 30.6 Å². The standard InChI is InChI=1S/C29H36N2O5S/c1-35-25-11-8-22(9-12-25)10-13-27(32)30-26(16-19-37-2)29(34)36-21-28(33)31-17-14-24(15-18-31)20-23-6-4-3-5-7-23/h3-13,24,26H,14-21H2,1-2H3,(H,30,32). The van der Waals surface area contributed by atoms with Crippen LogP contribution in [0.15, 0.2) is 60.7 Å². The summed E-state index contributed by atoms with van der Waals surface area (Å²) in [5.41, 5.74) is 2.15. The van der Waals surface area contributed by atoms with Gasteiger partial charge in [-0.05, 0) is 72.9 Å². The smallest absolute Gasteiger partial charge is 0.329 e. The highest BCUT2D eigenvalue weighted by molar-refractivity contribution is 7.98. The first-order chi connectivity index (χ1) is 18.0. The highest BCUT2D eigenvalue weighted by Crippen LogP contribution is 2.22. The van der Waals surface area contributed by atoms with Gasteiger partial charge >= 0.3 is 5.97 Å². The van der Waals surface area contributed by atoms with Gasteiger partial charge in [0.05, 0.1) is 7.11 Å². The van der Waals surface area contributed by atoms with E-state index in [1.807, 2.05) is 24.5 Å². The third-order valence-electron chi connectivity index (χ3n) is 6.43. The van der Waals surface area contributed by atoms with Crippen LogP contribution in [0.1, 0.15) is 30.4 Å². The number of amides is 2. The molecular formula is C29H36N2O5S. The van der Waals surface area contributed by atoms with E-state index >= 15 is 0 Å². The lowest BCUT2D eigenvalue weighted by molar-refractivity contribution is -0.154. The molecule has 1 aliphatic heterocycles. The van der Waals surface area contributed by atoms with Crippen LogP contribution in [0.4, 0.5) is 0 Å². The molecule has 2 amide bonds. The number of esters is 1. The third-order valence-corrected chi connectivity index (χ3v) is 7.07. The van der Waals surface area contributed by atoms with Gasteiger partial charge in [0.15, 0.2) is 6.61 Å². The fraction of sp³-hybridized carbons (Fsp3) is 0.414. The first-order valence-corrected chi connectivity index (χ1v) is 14.0. The van der Waals surface area contributed by atoms with Crippen molar-refractivity contribution in [1.82, 2.24) is 10.2 Å². The summed E-state index contributed by atoms with van der Waals surface area (Å²) in [6, 6.07) is 16.8. The number of hydrogen-bond donors (Lipinski definition) is 1. The number of nitrogens with one attached hydrogen (secondary N) is 1. The number of rotatable bonds is 12. The minimum absolute atomic E-state index is 0.194. The Morgan fingerprint density at radius 2 is 1.78 bits per heavy atom. The quantitative estimate of drug-likeness (QED) is 0.334. The molecule has 0 spiro atoms. The van der Waals surface area contributed by atoms with Crippen molar-refractivity contribution in [2.24, 2.45) is 5.92 Å². The van der Waals surface area contributed by atoms with E-state index in [0.29, 0.717) is 31.2 Å². The van der Waals surface area contributed by atoms with Crippen LogP contribution in [0.25, 0.3) is 6.08 Å². The summed E-state index contributed by atoms with van der Waals surface area (Å²) in [7, 11) is 1.59. The summed E-state index contributed by atoms with van der Waals surface area (Å²) in [5, 5.41) is 2.71. The van der Waals surface area contributed by atoms with E-state index in [-0.39, 0.29) is 12.5 Å². The number of piperidine rings is 1. The van der Waals surface area contributed by atoms with Crippen molar-refractivity contribution in [3.05, 3.63) is 71.8 Å². The zero-order valence-corrected chi connectivity index (χ0v) is 22.4. The van der Waals surface area contributed by atoms with Crippen LogP contribution in [-0.4, -0.2) is 67.5 Å². The number of carbonyl (C=O) groups excluding carboxylic acids is 3. The lowest BCUT2D eigenvalue weighted by atomic mass is 9.90. The highest BCUT2D eigenvalue weighted by atomic mass is 32.2. The van der Waals surface area contributed by atoms with Gasteiger partial charge in [0.2, 0.25) is 5.91 Å². The zero-order valence-electron chi connectivity index (χ0n) is 21.6. The van der Waals surface area contributed by atoms with Gasteiger partial charge in [0.25, 0.3) is 5.91 Å². The van der Waals surface area contributed by atoms with Crippen molar-refractivity contribution < 1.29 is 23.9 Å². The Balaban J connectivity index is 1.44. The van der Waals surface area contributed by atoms with E-state index in [1.165, 1.54) is 11.6 Å². The van der Waals surface area contributed by atoms with E-state index in [2.05, 4.69) is 29.6 Å². The second-order valence-electron chi connectivity index (χ2n) is 9.07. The van der Waals surface area contributed by atoms with Crippen LogP contribution in [-0.2, 0) is 25.5 Å². The first-order valence-electron chi connectivity index (χ1n) is 12.6. The van der Waals surface area contributed by atoms with Gasteiger partial charge in [-0.15, -0.1) is 0 Å². The Bertz CT molecular complexity index is 1030. The monoisotopic (exact) mass is 524 g/mol. The molecule has 8 heteroatoms. The number of hydrogen-bond acceptors (Lipinski definition) is 6. The van der Waals surface area contributed by atoms with Crippen LogP contribution in [0.2, 0.25) is 0 Å². The molecule has 1 fully saturated rings. The summed E-state index contributed by atoms with van der Waals surface area (Å²) >= 11 is 1.57. The molecule has 1 aliphatic rings. The fourth-order valence-electron chi connectivity index (χ4n) is 4.25. The van der Waals surface area contributed by atoms with Gasteiger partial charge < -0.3 is 19.7 Å². The second-order valence-corrected chi connectivity index (χ2v) is 10.1. The highest BCUT2D eigenvalue weighted by Gasteiger charge is 2.26. The number of nitrogens with zero attached hydrogens (tertiary/aromatic N) is 1. The van der Waals surface area contributed by atoms with Crippen LogP contribution < -0.4 is 10.1 Å². The SMILES string of the molecule is COc1ccc(C=CC(=O)NC(CCSC)C(=O)OCC(=O)N2CCC(Cc3ccccc3)CC2)cc1. The summed E-state index contributed by atoms with van der Waals surface area (Å²) in [4.78, 5) is 39.6. The zero-order chi connectivity index (χ0) is 26.5. The third kappa shape index (κ3) is 9.61. The predicted octanol–water partition coefficient (Wildman–Crippen LogP) is 3.97. The lowest BCUT2D eigenvalue weighted by Gasteiger charge is -2.32. The van der Waals surface area contributed by atoms with E-state index < -0.39 is 17.9 Å². The van der Waals surface area contributed by atoms with Crippen molar-refractivity contribution in [1.29, 1.82) is 0 Å². The number of likely N-dealkylation sites (tertiary alicyclic amines) is 1. The molecule has 0 radical (unpaired) electrons. The van der Waals surface area contributed by atoms with Crippen LogP contribution in [0.5, 0.6) is 5.75 Å². The summed E-state index contributed by atoms with van der Waals surface area (Å²) < 4.78 is 10.5. The number of methoxy groups -OCH3 is 1. The van der Waals surface area contributed by atoms with Crippen LogP contribution >= 0.6 is 11.8 Å². The van der Waals surface area contributed by atoms with Gasteiger partial charge in [0, 0.05) is 19.2 Å². The largest absolute Gasteiger partial charge is 0.497 e. The molecule has 1 saturated heterocycles. The minimum Gasteiger partial charge on any atom is -0.497 e. The lowest BCUT2D eigenvalue weighted by Crippen LogP contribution is -2.44. The average molecular weight is 525 g/mol. The molecule has 1 heterocycles. The maximum absolute atomic E-state index is 12.7. The summed E-state index contributed by atoms with van der Waals surface area (Å²) in [5.74, 6) is 0.767. The molecule has 1 unspecified atom stereocenters. The molecule has 7 nitrogen and oxygen atoms in total. The number of benzene rings is 2. The molecular weight excluding hydrogens is 488 g/mol. The Morgan fingerprint density at radius 1 is 1.08 bits per heavy atom.